The molecule has 0 saturated carbocycles. The SMILES string of the molecule is CC1COC(CCN(C)C)CN1. The second-order valence-corrected chi connectivity index (χ2v) is 3.86. The van der Waals surface area contributed by atoms with Crippen LogP contribution in [0.5, 0.6) is 0 Å². The lowest BCUT2D eigenvalue weighted by molar-refractivity contribution is 0.000623. The minimum Gasteiger partial charge on any atom is -0.375 e. The van der Waals surface area contributed by atoms with Crippen LogP contribution in [0.25, 0.3) is 0 Å². The summed E-state index contributed by atoms with van der Waals surface area (Å²) >= 11 is 0. The lowest BCUT2D eigenvalue weighted by Crippen LogP contribution is -2.45. The third-order valence-corrected chi connectivity index (χ3v) is 2.17. The summed E-state index contributed by atoms with van der Waals surface area (Å²) in [6.07, 6.45) is 1.55. The molecular formula is C9H20N2O. The molecule has 1 N–H and O–H groups in total. The zero-order valence-electron chi connectivity index (χ0n) is 8.34. The lowest BCUT2D eigenvalue weighted by atomic mass is 10.2. The molecule has 0 aromatic carbocycles. The van der Waals surface area contributed by atoms with Crippen molar-refractivity contribution in [3.05, 3.63) is 0 Å². The van der Waals surface area contributed by atoms with Crippen molar-refractivity contribution in [2.24, 2.45) is 0 Å². The van der Waals surface area contributed by atoms with E-state index < -0.39 is 0 Å². The first-order valence-electron chi connectivity index (χ1n) is 4.68. The van der Waals surface area contributed by atoms with Gasteiger partial charge in [-0.05, 0) is 27.4 Å². The number of ether oxygens (including phenoxy) is 1. The highest BCUT2D eigenvalue weighted by molar-refractivity contribution is 4.73. The smallest absolute Gasteiger partial charge is 0.0712 e. The quantitative estimate of drug-likeness (QED) is 0.663. The summed E-state index contributed by atoms with van der Waals surface area (Å²) in [5.41, 5.74) is 0. The van der Waals surface area contributed by atoms with Gasteiger partial charge in [0.1, 0.15) is 0 Å². The highest BCUT2D eigenvalue weighted by Crippen LogP contribution is 2.04. The van der Waals surface area contributed by atoms with Gasteiger partial charge in [0.05, 0.1) is 12.7 Å². The summed E-state index contributed by atoms with van der Waals surface area (Å²) in [5.74, 6) is 0. The Morgan fingerprint density at radius 3 is 2.75 bits per heavy atom. The lowest BCUT2D eigenvalue weighted by Gasteiger charge is -2.28. The monoisotopic (exact) mass is 172 g/mol. The number of hydrogen-bond acceptors (Lipinski definition) is 3. The maximum absolute atomic E-state index is 5.65. The molecule has 1 rings (SSSR count). The average molecular weight is 172 g/mol. The molecule has 3 heteroatoms. The van der Waals surface area contributed by atoms with Crippen LogP contribution in [0, 0.1) is 0 Å². The van der Waals surface area contributed by atoms with E-state index in [1.807, 2.05) is 0 Å². The summed E-state index contributed by atoms with van der Waals surface area (Å²) in [7, 11) is 4.19. The van der Waals surface area contributed by atoms with Crippen LogP contribution in [0.15, 0.2) is 0 Å². The Balaban J connectivity index is 2.09. The van der Waals surface area contributed by atoms with E-state index in [-0.39, 0.29) is 0 Å². The number of morpholine rings is 1. The van der Waals surface area contributed by atoms with Gasteiger partial charge in [-0.15, -0.1) is 0 Å². The predicted molar refractivity (Wildman–Crippen MR) is 50.4 cm³/mol. The number of nitrogens with zero attached hydrogens (tertiary/aromatic N) is 1. The van der Waals surface area contributed by atoms with E-state index in [1.165, 1.54) is 0 Å². The zero-order chi connectivity index (χ0) is 8.97. The zero-order valence-corrected chi connectivity index (χ0v) is 8.34. The van der Waals surface area contributed by atoms with Crippen molar-refractivity contribution in [2.45, 2.75) is 25.5 Å². The molecule has 0 aromatic heterocycles. The van der Waals surface area contributed by atoms with E-state index in [2.05, 4.69) is 31.2 Å². The van der Waals surface area contributed by atoms with Gasteiger partial charge in [0.2, 0.25) is 0 Å². The molecule has 72 valence electrons. The standard InChI is InChI=1S/C9H20N2O/c1-8-7-12-9(6-10-8)4-5-11(2)3/h8-10H,4-7H2,1-3H3. The summed E-state index contributed by atoms with van der Waals surface area (Å²) < 4.78 is 5.65. The molecule has 3 nitrogen and oxygen atoms in total. The fourth-order valence-electron chi connectivity index (χ4n) is 1.32. The Hall–Kier alpha value is -0.120. The van der Waals surface area contributed by atoms with E-state index in [4.69, 9.17) is 4.74 Å². The van der Waals surface area contributed by atoms with Gasteiger partial charge >= 0.3 is 0 Å². The molecule has 0 aromatic rings. The van der Waals surface area contributed by atoms with Crippen LogP contribution in [-0.2, 0) is 4.74 Å². The summed E-state index contributed by atoms with van der Waals surface area (Å²) in [4.78, 5) is 2.20. The van der Waals surface area contributed by atoms with Gasteiger partial charge in [-0.25, -0.2) is 0 Å². The van der Waals surface area contributed by atoms with Gasteiger partial charge in [-0.3, -0.25) is 0 Å². The van der Waals surface area contributed by atoms with Crippen molar-refractivity contribution in [3.63, 3.8) is 0 Å². The summed E-state index contributed by atoms with van der Waals surface area (Å²) in [5, 5.41) is 3.41. The van der Waals surface area contributed by atoms with Crippen LogP contribution in [-0.4, -0.2) is 50.8 Å². The average Bonchev–Trinajstić information content (AvgIpc) is 2.03. The van der Waals surface area contributed by atoms with Crippen LogP contribution in [0.2, 0.25) is 0 Å². The first-order valence-corrected chi connectivity index (χ1v) is 4.68. The van der Waals surface area contributed by atoms with Crippen LogP contribution in [0.4, 0.5) is 0 Å². The van der Waals surface area contributed by atoms with E-state index in [0.717, 1.165) is 26.1 Å². The number of hydrogen-bond donors (Lipinski definition) is 1. The van der Waals surface area contributed by atoms with Gasteiger partial charge in [0, 0.05) is 19.1 Å². The maximum atomic E-state index is 5.65. The molecule has 1 aliphatic heterocycles. The third-order valence-electron chi connectivity index (χ3n) is 2.17. The number of nitrogens with one attached hydrogen (secondary N) is 1. The van der Waals surface area contributed by atoms with Crippen molar-refractivity contribution in [1.82, 2.24) is 10.2 Å². The molecule has 2 atom stereocenters. The van der Waals surface area contributed by atoms with E-state index in [9.17, 15) is 0 Å². The molecule has 2 unspecified atom stereocenters. The molecule has 0 bridgehead atoms. The predicted octanol–water partition coefficient (Wildman–Crippen LogP) is 0.315. The molecule has 12 heavy (non-hydrogen) atoms. The molecule has 1 fully saturated rings. The Bertz CT molecular complexity index is 120. The topological polar surface area (TPSA) is 24.5 Å². The number of rotatable bonds is 3. The molecule has 0 spiro atoms. The molecule has 1 saturated heterocycles. The fourth-order valence-corrected chi connectivity index (χ4v) is 1.32. The molecule has 1 heterocycles. The molecule has 1 aliphatic rings. The van der Waals surface area contributed by atoms with Gasteiger partial charge < -0.3 is 15.0 Å². The first-order chi connectivity index (χ1) is 5.68. The van der Waals surface area contributed by atoms with Gasteiger partial charge in [0.25, 0.3) is 0 Å². The van der Waals surface area contributed by atoms with Gasteiger partial charge in [-0.2, -0.15) is 0 Å². The third kappa shape index (κ3) is 3.52. The highest BCUT2D eigenvalue weighted by Gasteiger charge is 2.17. The molecule has 0 amide bonds. The maximum Gasteiger partial charge on any atom is 0.0712 e. The normalized spacial score (nSPS) is 31.0. The van der Waals surface area contributed by atoms with Gasteiger partial charge in [-0.1, -0.05) is 0 Å². The molecule has 0 aliphatic carbocycles. The van der Waals surface area contributed by atoms with Crippen LogP contribution in [0.1, 0.15) is 13.3 Å². The largest absolute Gasteiger partial charge is 0.375 e. The van der Waals surface area contributed by atoms with Crippen molar-refractivity contribution in [3.8, 4) is 0 Å². The van der Waals surface area contributed by atoms with Gasteiger partial charge in [0.15, 0.2) is 0 Å². The Morgan fingerprint density at radius 2 is 2.25 bits per heavy atom. The second kappa shape index (κ2) is 4.80. The van der Waals surface area contributed by atoms with Crippen molar-refractivity contribution in [2.75, 3.05) is 33.8 Å². The van der Waals surface area contributed by atoms with Crippen molar-refractivity contribution in [1.29, 1.82) is 0 Å². The highest BCUT2D eigenvalue weighted by atomic mass is 16.5. The van der Waals surface area contributed by atoms with Crippen LogP contribution >= 0.6 is 0 Å². The van der Waals surface area contributed by atoms with Crippen LogP contribution in [0.3, 0.4) is 0 Å². The van der Waals surface area contributed by atoms with E-state index >= 15 is 0 Å². The second-order valence-electron chi connectivity index (χ2n) is 3.86. The van der Waals surface area contributed by atoms with Crippen LogP contribution < -0.4 is 5.32 Å². The summed E-state index contributed by atoms with van der Waals surface area (Å²) in [6, 6.07) is 0.528. The fraction of sp³-hybridized carbons (Fsp3) is 1.00. The first kappa shape index (κ1) is 9.96. The Kier molecular flexibility index (Phi) is 3.98. The minimum absolute atomic E-state index is 0.420. The molecular weight excluding hydrogens is 152 g/mol. The minimum atomic E-state index is 0.420. The van der Waals surface area contributed by atoms with Crippen molar-refractivity contribution >= 4 is 0 Å². The van der Waals surface area contributed by atoms with Crippen molar-refractivity contribution < 1.29 is 4.74 Å². The summed E-state index contributed by atoms with van der Waals surface area (Å²) in [6.45, 7) is 5.13. The molecule has 0 radical (unpaired) electrons. The Labute approximate surface area is 75.1 Å². The van der Waals surface area contributed by atoms with E-state index in [0.29, 0.717) is 12.1 Å². The van der Waals surface area contributed by atoms with E-state index in [1.54, 1.807) is 0 Å². The Morgan fingerprint density at radius 1 is 1.50 bits per heavy atom.